The topological polar surface area (TPSA) is 68.6 Å². The minimum Gasteiger partial charge on any atom is -0.361 e. The average Bonchev–Trinajstić information content (AvgIpc) is 3.02. The molecule has 96 valence electrons. The van der Waals surface area contributed by atoms with Crippen molar-refractivity contribution in [3.8, 4) is 17.3 Å². The van der Waals surface area contributed by atoms with Crippen LogP contribution in [0.25, 0.3) is 11.3 Å². The van der Waals surface area contributed by atoms with Crippen LogP contribution in [0.1, 0.15) is 12.8 Å². The predicted molar refractivity (Wildman–Crippen MR) is 72.4 cm³/mol. The molecule has 1 atom stereocenters. The smallest absolute Gasteiger partial charge is 0.225 e. The summed E-state index contributed by atoms with van der Waals surface area (Å²) in [4.78, 5) is 14.1. The van der Waals surface area contributed by atoms with Gasteiger partial charge in [0.25, 0.3) is 0 Å². The number of piperidine rings is 1. The summed E-state index contributed by atoms with van der Waals surface area (Å²) in [7, 11) is 0. The Bertz CT molecular complexity index is 567. The van der Waals surface area contributed by atoms with Gasteiger partial charge >= 0.3 is 0 Å². The highest BCUT2D eigenvalue weighted by molar-refractivity contribution is 5.57. The van der Waals surface area contributed by atoms with E-state index in [0.717, 1.165) is 43.1 Å². The first-order valence-corrected chi connectivity index (χ1v) is 6.47. The summed E-state index contributed by atoms with van der Waals surface area (Å²) in [5.74, 6) is 0.815. The van der Waals surface area contributed by atoms with Crippen LogP contribution >= 0.6 is 0 Å². The molecule has 1 aliphatic heterocycles. The Morgan fingerprint density at radius 1 is 1.37 bits per heavy atom. The molecule has 19 heavy (non-hydrogen) atoms. The molecule has 5 heteroatoms. The molecule has 1 fully saturated rings. The molecule has 1 unspecified atom stereocenters. The highest BCUT2D eigenvalue weighted by atomic mass is 15.2. The lowest BCUT2D eigenvalue weighted by atomic mass is 10.0. The molecule has 0 saturated carbocycles. The van der Waals surface area contributed by atoms with Crippen LogP contribution in [-0.4, -0.2) is 28.0 Å². The third-order valence-corrected chi connectivity index (χ3v) is 3.43. The molecular weight excluding hydrogens is 238 g/mol. The molecule has 1 N–H and O–H groups in total. The highest BCUT2D eigenvalue weighted by Crippen LogP contribution is 2.21. The first-order chi connectivity index (χ1) is 9.36. The molecule has 0 spiro atoms. The first kappa shape index (κ1) is 11.7. The summed E-state index contributed by atoms with van der Waals surface area (Å²) >= 11 is 0. The number of H-pyrrole nitrogens is 1. The SMILES string of the molecule is N#CC1CCCN(c2ncc(-c3ccc[nH]3)cn2)C1. The highest BCUT2D eigenvalue weighted by Gasteiger charge is 2.21. The van der Waals surface area contributed by atoms with Crippen molar-refractivity contribution in [1.29, 1.82) is 5.26 Å². The van der Waals surface area contributed by atoms with Crippen molar-refractivity contribution in [2.45, 2.75) is 12.8 Å². The standard InChI is InChI=1S/C14H15N5/c15-7-11-3-2-6-19(10-11)14-17-8-12(9-18-14)13-4-1-5-16-13/h1,4-5,8-9,11,16H,2-3,6,10H2. The molecular formula is C14H15N5. The maximum absolute atomic E-state index is 9.00. The van der Waals surface area contributed by atoms with Crippen molar-refractivity contribution in [1.82, 2.24) is 15.0 Å². The van der Waals surface area contributed by atoms with E-state index in [2.05, 4.69) is 25.9 Å². The number of aromatic amines is 1. The number of aromatic nitrogens is 3. The van der Waals surface area contributed by atoms with Crippen LogP contribution in [-0.2, 0) is 0 Å². The summed E-state index contributed by atoms with van der Waals surface area (Å²) in [5, 5.41) is 9.00. The fraction of sp³-hybridized carbons (Fsp3) is 0.357. The number of nitrogens with one attached hydrogen (secondary N) is 1. The number of rotatable bonds is 2. The molecule has 0 bridgehead atoms. The molecule has 2 aromatic heterocycles. The third-order valence-electron chi connectivity index (χ3n) is 3.43. The van der Waals surface area contributed by atoms with Crippen LogP contribution in [0, 0.1) is 17.2 Å². The van der Waals surface area contributed by atoms with Crippen LogP contribution < -0.4 is 4.90 Å². The number of hydrogen-bond acceptors (Lipinski definition) is 4. The number of nitrogens with zero attached hydrogens (tertiary/aromatic N) is 4. The maximum atomic E-state index is 9.00. The lowest BCUT2D eigenvalue weighted by Gasteiger charge is -2.29. The number of anilines is 1. The summed E-state index contributed by atoms with van der Waals surface area (Å²) < 4.78 is 0. The van der Waals surface area contributed by atoms with Gasteiger partial charge in [0.05, 0.1) is 12.0 Å². The zero-order valence-corrected chi connectivity index (χ0v) is 10.6. The fourth-order valence-electron chi connectivity index (χ4n) is 2.40. The van der Waals surface area contributed by atoms with E-state index >= 15 is 0 Å². The van der Waals surface area contributed by atoms with E-state index in [9.17, 15) is 0 Å². The van der Waals surface area contributed by atoms with Gasteiger partial charge in [0.2, 0.25) is 5.95 Å². The predicted octanol–water partition coefficient (Wildman–Crippen LogP) is 2.21. The largest absolute Gasteiger partial charge is 0.361 e. The molecule has 0 amide bonds. The van der Waals surface area contributed by atoms with Gasteiger partial charge in [-0.3, -0.25) is 0 Å². The average molecular weight is 253 g/mol. The Hall–Kier alpha value is -2.35. The molecule has 0 radical (unpaired) electrons. The van der Waals surface area contributed by atoms with Gasteiger partial charge < -0.3 is 9.88 Å². The van der Waals surface area contributed by atoms with E-state index in [0.29, 0.717) is 0 Å². The van der Waals surface area contributed by atoms with E-state index in [1.54, 1.807) is 0 Å². The monoisotopic (exact) mass is 253 g/mol. The fourth-order valence-corrected chi connectivity index (χ4v) is 2.40. The number of nitriles is 1. The van der Waals surface area contributed by atoms with Gasteiger partial charge in [-0.2, -0.15) is 5.26 Å². The minimum absolute atomic E-state index is 0.0976. The second kappa shape index (κ2) is 5.11. The third kappa shape index (κ3) is 2.43. The molecule has 0 aromatic carbocycles. The van der Waals surface area contributed by atoms with Crippen LogP contribution in [0.4, 0.5) is 5.95 Å². The first-order valence-electron chi connectivity index (χ1n) is 6.47. The van der Waals surface area contributed by atoms with E-state index in [1.165, 1.54) is 0 Å². The zero-order chi connectivity index (χ0) is 13.1. The molecule has 2 aromatic rings. The molecule has 3 heterocycles. The van der Waals surface area contributed by atoms with Gasteiger partial charge in [-0.15, -0.1) is 0 Å². The van der Waals surface area contributed by atoms with Crippen LogP contribution in [0.15, 0.2) is 30.7 Å². The summed E-state index contributed by atoms with van der Waals surface area (Å²) in [5.41, 5.74) is 1.99. The van der Waals surface area contributed by atoms with Gasteiger partial charge in [0.1, 0.15) is 0 Å². The van der Waals surface area contributed by atoms with E-state index in [-0.39, 0.29) is 5.92 Å². The van der Waals surface area contributed by atoms with Gasteiger partial charge in [-0.05, 0) is 25.0 Å². The summed E-state index contributed by atoms with van der Waals surface area (Å²) in [6.45, 7) is 1.67. The van der Waals surface area contributed by atoms with Crippen molar-refractivity contribution in [2.75, 3.05) is 18.0 Å². The Morgan fingerprint density at radius 2 is 2.21 bits per heavy atom. The molecule has 1 saturated heterocycles. The Morgan fingerprint density at radius 3 is 2.89 bits per heavy atom. The van der Waals surface area contributed by atoms with Crippen LogP contribution in [0.2, 0.25) is 0 Å². The maximum Gasteiger partial charge on any atom is 0.225 e. The molecule has 3 rings (SSSR count). The van der Waals surface area contributed by atoms with Crippen molar-refractivity contribution < 1.29 is 0 Å². The molecule has 5 nitrogen and oxygen atoms in total. The van der Waals surface area contributed by atoms with Gasteiger partial charge in [0.15, 0.2) is 0 Å². The minimum atomic E-state index is 0.0976. The van der Waals surface area contributed by atoms with Crippen molar-refractivity contribution >= 4 is 5.95 Å². The summed E-state index contributed by atoms with van der Waals surface area (Å²) in [6.07, 6.45) is 7.53. The van der Waals surface area contributed by atoms with Crippen molar-refractivity contribution in [3.05, 3.63) is 30.7 Å². The second-order valence-electron chi connectivity index (χ2n) is 4.77. The second-order valence-corrected chi connectivity index (χ2v) is 4.77. The molecule has 1 aliphatic rings. The molecule has 0 aliphatic carbocycles. The van der Waals surface area contributed by atoms with Crippen LogP contribution in [0.3, 0.4) is 0 Å². The van der Waals surface area contributed by atoms with E-state index < -0.39 is 0 Å². The normalized spacial score (nSPS) is 19.1. The van der Waals surface area contributed by atoms with Crippen LogP contribution in [0.5, 0.6) is 0 Å². The Labute approximate surface area is 111 Å². The number of hydrogen-bond donors (Lipinski definition) is 1. The van der Waals surface area contributed by atoms with Crippen molar-refractivity contribution in [3.63, 3.8) is 0 Å². The quantitative estimate of drug-likeness (QED) is 0.891. The van der Waals surface area contributed by atoms with Crippen molar-refractivity contribution in [2.24, 2.45) is 5.92 Å². The van der Waals surface area contributed by atoms with Gasteiger partial charge in [-0.1, -0.05) is 0 Å². The Kier molecular flexibility index (Phi) is 3.15. The van der Waals surface area contributed by atoms with Gasteiger partial charge in [0, 0.05) is 42.9 Å². The Balaban J connectivity index is 1.77. The summed E-state index contributed by atoms with van der Waals surface area (Å²) in [6, 6.07) is 6.28. The van der Waals surface area contributed by atoms with E-state index in [1.807, 2.05) is 30.7 Å². The van der Waals surface area contributed by atoms with E-state index in [4.69, 9.17) is 5.26 Å². The zero-order valence-electron chi connectivity index (χ0n) is 10.6. The lowest BCUT2D eigenvalue weighted by molar-refractivity contribution is 0.487. The lowest BCUT2D eigenvalue weighted by Crippen LogP contribution is -2.35. The van der Waals surface area contributed by atoms with Gasteiger partial charge in [-0.25, -0.2) is 9.97 Å².